The van der Waals surface area contributed by atoms with E-state index in [1.54, 1.807) is 0 Å². The zero-order chi connectivity index (χ0) is 18.7. The van der Waals surface area contributed by atoms with Crippen LogP contribution < -0.4 is 10.6 Å². The van der Waals surface area contributed by atoms with Crippen LogP contribution in [-0.4, -0.2) is 86.9 Å². The first-order chi connectivity index (χ1) is 12.0. The van der Waals surface area contributed by atoms with Gasteiger partial charge in [0.15, 0.2) is 5.96 Å². The predicted molar refractivity (Wildman–Crippen MR) is 123 cm³/mol. The fraction of sp³-hybridized carbons (Fsp3) is 0.947. The summed E-state index contributed by atoms with van der Waals surface area (Å²) < 4.78 is 5.53. The normalized spacial score (nSPS) is 21.2. The molecule has 0 aromatic heterocycles. The Morgan fingerprint density at radius 2 is 2.00 bits per heavy atom. The Kier molecular flexibility index (Phi) is 14.8. The van der Waals surface area contributed by atoms with Gasteiger partial charge in [-0.25, -0.2) is 0 Å². The average molecular weight is 483 g/mol. The second-order valence-electron chi connectivity index (χ2n) is 7.18. The molecule has 0 radical (unpaired) electrons. The summed E-state index contributed by atoms with van der Waals surface area (Å²) in [5, 5.41) is 7.01. The third kappa shape index (κ3) is 9.71. The van der Waals surface area contributed by atoms with Gasteiger partial charge in [-0.15, -0.1) is 24.0 Å². The van der Waals surface area contributed by atoms with E-state index >= 15 is 0 Å². The number of hydrogen-bond acceptors (Lipinski definition) is 4. The molecular formula is C19H42IN5O. The van der Waals surface area contributed by atoms with Crippen molar-refractivity contribution >= 4 is 29.9 Å². The zero-order valence-electron chi connectivity index (χ0n) is 17.8. The van der Waals surface area contributed by atoms with Gasteiger partial charge in [0.2, 0.25) is 0 Å². The fourth-order valence-corrected chi connectivity index (χ4v) is 3.42. The molecule has 26 heavy (non-hydrogen) atoms. The van der Waals surface area contributed by atoms with Gasteiger partial charge >= 0.3 is 0 Å². The molecule has 156 valence electrons. The van der Waals surface area contributed by atoms with Crippen molar-refractivity contribution < 1.29 is 4.74 Å². The number of nitrogens with one attached hydrogen (secondary N) is 2. The number of nitrogens with zero attached hydrogens (tertiary/aromatic N) is 3. The lowest BCUT2D eigenvalue weighted by molar-refractivity contribution is -0.0174. The number of morpholine rings is 1. The molecule has 1 saturated heterocycles. The van der Waals surface area contributed by atoms with E-state index in [2.05, 4.69) is 60.0 Å². The fourth-order valence-electron chi connectivity index (χ4n) is 3.42. The first-order valence-electron chi connectivity index (χ1n) is 10.0. The molecule has 2 N–H and O–H groups in total. The average Bonchev–Trinajstić information content (AvgIpc) is 2.62. The Balaban J connectivity index is 0.00000625. The SMILES string of the molecule is CCN(CC)CCCC(C)NC(=NC)NCC(C)N1CCOCC1C.I. The van der Waals surface area contributed by atoms with Gasteiger partial charge < -0.3 is 20.3 Å². The summed E-state index contributed by atoms with van der Waals surface area (Å²) >= 11 is 0. The van der Waals surface area contributed by atoms with E-state index in [9.17, 15) is 0 Å². The lowest BCUT2D eigenvalue weighted by atomic mass is 10.1. The molecule has 1 heterocycles. The summed E-state index contributed by atoms with van der Waals surface area (Å²) in [4.78, 5) is 9.37. The van der Waals surface area contributed by atoms with Gasteiger partial charge in [-0.1, -0.05) is 13.8 Å². The summed E-state index contributed by atoms with van der Waals surface area (Å²) in [6.45, 7) is 18.2. The maximum Gasteiger partial charge on any atom is 0.191 e. The van der Waals surface area contributed by atoms with Crippen LogP contribution in [0.15, 0.2) is 4.99 Å². The number of halogens is 1. The molecule has 0 amide bonds. The molecule has 1 rings (SSSR count). The lowest BCUT2D eigenvalue weighted by Crippen LogP contribution is -2.53. The Morgan fingerprint density at radius 3 is 2.58 bits per heavy atom. The van der Waals surface area contributed by atoms with Gasteiger partial charge in [0.05, 0.1) is 13.2 Å². The molecule has 1 fully saturated rings. The minimum atomic E-state index is 0. The summed E-state index contributed by atoms with van der Waals surface area (Å²) in [6, 6.07) is 1.38. The second kappa shape index (κ2) is 14.9. The van der Waals surface area contributed by atoms with Crippen molar-refractivity contribution in [3.8, 4) is 0 Å². The summed E-state index contributed by atoms with van der Waals surface area (Å²) in [6.07, 6.45) is 2.38. The number of hydrogen-bond donors (Lipinski definition) is 2. The molecule has 0 aromatic carbocycles. The van der Waals surface area contributed by atoms with Crippen molar-refractivity contribution in [2.75, 3.05) is 53.0 Å². The van der Waals surface area contributed by atoms with Crippen LogP contribution in [0.3, 0.4) is 0 Å². The van der Waals surface area contributed by atoms with Crippen molar-refractivity contribution in [3.63, 3.8) is 0 Å². The Labute approximate surface area is 178 Å². The van der Waals surface area contributed by atoms with E-state index < -0.39 is 0 Å². The first-order valence-corrected chi connectivity index (χ1v) is 10.0. The minimum absolute atomic E-state index is 0. The molecule has 0 aliphatic carbocycles. The highest BCUT2D eigenvalue weighted by Gasteiger charge is 2.23. The molecule has 0 aromatic rings. The quantitative estimate of drug-likeness (QED) is 0.284. The molecule has 1 aliphatic heterocycles. The molecule has 0 spiro atoms. The standard InChI is InChI=1S/C19H41N5O.HI/c1-7-23(8-2)11-9-10-16(3)22-19(20-6)21-14-17(4)24-12-13-25-15-18(24)5;/h16-18H,7-15H2,1-6H3,(H2,20,21,22);1H. The van der Waals surface area contributed by atoms with Crippen LogP contribution in [0.2, 0.25) is 0 Å². The van der Waals surface area contributed by atoms with E-state index in [1.807, 2.05) is 7.05 Å². The molecule has 0 bridgehead atoms. The predicted octanol–water partition coefficient (Wildman–Crippen LogP) is 2.39. The maximum atomic E-state index is 5.53. The Morgan fingerprint density at radius 1 is 1.31 bits per heavy atom. The van der Waals surface area contributed by atoms with E-state index in [-0.39, 0.29) is 24.0 Å². The summed E-state index contributed by atoms with van der Waals surface area (Å²) in [5.74, 6) is 0.906. The molecule has 0 saturated carbocycles. The minimum Gasteiger partial charge on any atom is -0.379 e. The van der Waals surface area contributed by atoms with Crippen molar-refractivity contribution in [1.82, 2.24) is 20.4 Å². The van der Waals surface area contributed by atoms with E-state index in [1.165, 1.54) is 13.0 Å². The van der Waals surface area contributed by atoms with Gasteiger partial charge in [0, 0.05) is 38.3 Å². The van der Waals surface area contributed by atoms with E-state index in [0.29, 0.717) is 18.1 Å². The van der Waals surface area contributed by atoms with Crippen LogP contribution in [0, 0.1) is 0 Å². The third-order valence-corrected chi connectivity index (χ3v) is 5.16. The zero-order valence-corrected chi connectivity index (χ0v) is 20.1. The molecule has 1 aliphatic rings. The lowest BCUT2D eigenvalue weighted by Gasteiger charge is -2.38. The van der Waals surface area contributed by atoms with Crippen molar-refractivity contribution in [2.24, 2.45) is 4.99 Å². The van der Waals surface area contributed by atoms with E-state index in [4.69, 9.17) is 4.74 Å². The van der Waals surface area contributed by atoms with Crippen LogP contribution in [0.5, 0.6) is 0 Å². The third-order valence-electron chi connectivity index (χ3n) is 5.16. The second-order valence-corrected chi connectivity index (χ2v) is 7.18. The number of guanidine groups is 1. The molecular weight excluding hydrogens is 441 g/mol. The maximum absolute atomic E-state index is 5.53. The molecule has 3 unspecified atom stereocenters. The summed E-state index contributed by atoms with van der Waals surface area (Å²) in [7, 11) is 1.85. The number of rotatable bonds is 10. The summed E-state index contributed by atoms with van der Waals surface area (Å²) in [5.41, 5.74) is 0. The Bertz CT molecular complexity index is 379. The highest BCUT2D eigenvalue weighted by Crippen LogP contribution is 2.10. The van der Waals surface area contributed by atoms with Gasteiger partial charge in [-0.05, 0) is 53.2 Å². The van der Waals surface area contributed by atoms with Crippen LogP contribution >= 0.6 is 24.0 Å². The van der Waals surface area contributed by atoms with Crippen LogP contribution in [0.4, 0.5) is 0 Å². The monoisotopic (exact) mass is 483 g/mol. The molecule has 7 heteroatoms. The van der Waals surface area contributed by atoms with Gasteiger partial charge in [-0.2, -0.15) is 0 Å². The highest BCUT2D eigenvalue weighted by atomic mass is 127. The highest BCUT2D eigenvalue weighted by molar-refractivity contribution is 14.0. The van der Waals surface area contributed by atoms with Gasteiger partial charge in [0.25, 0.3) is 0 Å². The van der Waals surface area contributed by atoms with Gasteiger partial charge in [-0.3, -0.25) is 9.89 Å². The molecule has 6 nitrogen and oxygen atoms in total. The van der Waals surface area contributed by atoms with E-state index in [0.717, 1.165) is 51.8 Å². The topological polar surface area (TPSA) is 52.1 Å². The van der Waals surface area contributed by atoms with Crippen LogP contribution in [0.25, 0.3) is 0 Å². The first kappa shape index (κ1) is 25.9. The van der Waals surface area contributed by atoms with Crippen molar-refractivity contribution in [2.45, 2.75) is 65.6 Å². The van der Waals surface area contributed by atoms with Crippen LogP contribution in [0.1, 0.15) is 47.5 Å². The van der Waals surface area contributed by atoms with Gasteiger partial charge in [0.1, 0.15) is 0 Å². The molecule has 3 atom stereocenters. The van der Waals surface area contributed by atoms with Crippen molar-refractivity contribution in [1.29, 1.82) is 0 Å². The van der Waals surface area contributed by atoms with Crippen molar-refractivity contribution in [3.05, 3.63) is 0 Å². The van der Waals surface area contributed by atoms with Crippen LogP contribution in [-0.2, 0) is 4.74 Å². The number of aliphatic imine (C=N–C) groups is 1. The number of ether oxygens (including phenoxy) is 1. The largest absolute Gasteiger partial charge is 0.379 e. The smallest absolute Gasteiger partial charge is 0.191 e. The Hall–Kier alpha value is -0.120.